The van der Waals surface area contributed by atoms with E-state index in [-0.39, 0.29) is 0 Å². The van der Waals surface area contributed by atoms with E-state index in [2.05, 4.69) is 4.90 Å². The maximum Gasteiger partial charge on any atom is 0.321 e. The summed E-state index contributed by atoms with van der Waals surface area (Å²) >= 11 is 0. The minimum absolute atomic E-state index is 0.636. The molecule has 5 nitrogen and oxygen atoms in total. The van der Waals surface area contributed by atoms with Crippen LogP contribution in [0.5, 0.6) is 0 Å². The lowest BCUT2D eigenvalue weighted by Crippen LogP contribution is -2.30. The Morgan fingerprint density at radius 1 is 1.12 bits per heavy atom. The molecule has 2 N–H and O–H groups in total. The summed E-state index contributed by atoms with van der Waals surface area (Å²) in [6.45, 7) is 2.65. The lowest BCUT2D eigenvalue weighted by molar-refractivity contribution is -0.151. The Hall–Kier alpha value is -1.36. The maximum absolute atomic E-state index is 10.6. The molecule has 5 heteroatoms. The molecule has 90 valence electrons. The first kappa shape index (κ1) is 12.7. The maximum atomic E-state index is 10.6. The van der Waals surface area contributed by atoms with E-state index >= 15 is 0 Å². The second-order valence-corrected chi connectivity index (χ2v) is 3.94. The van der Waals surface area contributed by atoms with E-state index in [1.165, 1.54) is 12.5 Å². The number of nitrogens with zero attached hydrogens (tertiary/aromatic N) is 1. The van der Waals surface area contributed by atoms with E-state index in [1.807, 2.05) is 0 Å². The number of carboxylic acids is 2. The molecule has 0 aromatic heterocycles. The van der Waals surface area contributed by atoms with Gasteiger partial charge < -0.3 is 10.2 Å². The molecule has 16 heavy (non-hydrogen) atoms. The first-order valence-electron chi connectivity index (χ1n) is 5.46. The highest BCUT2D eigenvalue weighted by molar-refractivity contribution is 5.94. The molecule has 1 saturated heterocycles. The van der Waals surface area contributed by atoms with Gasteiger partial charge in [-0.1, -0.05) is 18.6 Å². The fourth-order valence-electron chi connectivity index (χ4n) is 1.76. The second-order valence-electron chi connectivity index (χ2n) is 3.94. The molecular weight excluding hydrogens is 210 g/mol. The molecule has 1 aliphatic heterocycles. The van der Waals surface area contributed by atoms with E-state index in [1.54, 1.807) is 6.08 Å². The summed E-state index contributed by atoms with van der Waals surface area (Å²) in [6, 6.07) is 0. The number of hydrogen-bond donors (Lipinski definition) is 2. The number of carboxylic acid groups (broad SMARTS) is 2. The van der Waals surface area contributed by atoms with Crippen molar-refractivity contribution in [3.05, 3.63) is 12.2 Å². The standard InChI is InChI=1S/C11H17NO4/c13-10(14)9(11(15)16)5-4-8-12-6-2-1-3-7-12/h4-5,9H,1-3,6-8H2,(H,13,14)(H,15,16). The van der Waals surface area contributed by atoms with E-state index in [4.69, 9.17) is 10.2 Å². The summed E-state index contributed by atoms with van der Waals surface area (Å²) in [7, 11) is 0. The molecule has 1 aliphatic rings. The number of aliphatic carboxylic acids is 2. The van der Waals surface area contributed by atoms with Crippen LogP contribution in [0, 0.1) is 5.92 Å². The summed E-state index contributed by atoms with van der Waals surface area (Å²) < 4.78 is 0. The smallest absolute Gasteiger partial charge is 0.321 e. The van der Waals surface area contributed by atoms with Crippen LogP contribution in [0.4, 0.5) is 0 Å². The molecule has 0 unspecified atom stereocenters. The summed E-state index contributed by atoms with van der Waals surface area (Å²) in [5.41, 5.74) is 0. The van der Waals surface area contributed by atoms with Crippen molar-refractivity contribution in [2.75, 3.05) is 19.6 Å². The van der Waals surface area contributed by atoms with Crippen LogP contribution in [0.2, 0.25) is 0 Å². The molecule has 0 aliphatic carbocycles. The average molecular weight is 227 g/mol. The van der Waals surface area contributed by atoms with Crippen LogP contribution >= 0.6 is 0 Å². The first-order chi connectivity index (χ1) is 7.61. The van der Waals surface area contributed by atoms with Crippen molar-refractivity contribution < 1.29 is 19.8 Å². The molecule has 1 fully saturated rings. The Labute approximate surface area is 94.4 Å². The first-order valence-corrected chi connectivity index (χ1v) is 5.46. The van der Waals surface area contributed by atoms with E-state index < -0.39 is 17.9 Å². The molecular formula is C11H17NO4. The molecule has 0 aromatic rings. The van der Waals surface area contributed by atoms with Crippen LogP contribution in [0.1, 0.15) is 19.3 Å². The third kappa shape index (κ3) is 4.02. The number of hydrogen-bond acceptors (Lipinski definition) is 3. The highest BCUT2D eigenvalue weighted by atomic mass is 16.4. The zero-order valence-electron chi connectivity index (χ0n) is 9.13. The van der Waals surface area contributed by atoms with Crippen molar-refractivity contribution in [3.8, 4) is 0 Å². The zero-order chi connectivity index (χ0) is 12.0. The van der Waals surface area contributed by atoms with Crippen molar-refractivity contribution in [3.63, 3.8) is 0 Å². The van der Waals surface area contributed by atoms with Crippen molar-refractivity contribution in [2.45, 2.75) is 19.3 Å². The lowest BCUT2D eigenvalue weighted by Gasteiger charge is -2.24. The van der Waals surface area contributed by atoms with E-state index in [9.17, 15) is 9.59 Å². The normalized spacial score (nSPS) is 18.1. The van der Waals surface area contributed by atoms with E-state index in [0.29, 0.717) is 6.54 Å². The monoisotopic (exact) mass is 227 g/mol. The third-order valence-electron chi connectivity index (χ3n) is 2.67. The van der Waals surface area contributed by atoms with Crippen molar-refractivity contribution in [1.29, 1.82) is 0 Å². The van der Waals surface area contributed by atoms with Crippen LogP contribution < -0.4 is 0 Å². The molecule has 0 atom stereocenters. The number of carbonyl (C=O) groups is 2. The minimum Gasteiger partial charge on any atom is -0.480 e. The summed E-state index contributed by atoms with van der Waals surface area (Å²) in [5, 5.41) is 17.3. The predicted octanol–water partition coefficient (Wildman–Crippen LogP) is 0.814. The van der Waals surface area contributed by atoms with Gasteiger partial charge in [0.05, 0.1) is 0 Å². The van der Waals surface area contributed by atoms with Gasteiger partial charge in [-0.3, -0.25) is 14.5 Å². The van der Waals surface area contributed by atoms with Crippen LogP contribution in [0.3, 0.4) is 0 Å². The molecule has 0 aromatic carbocycles. The van der Waals surface area contributed by atoms with Gasteiger partial charge in [-0.15, -0.1) is 0 Å². The quantitative estimate of drug-likeness (QED) is 0.537. The van der Waals surface area contributed by atoms with Gasteiger partial charge in [0.15, 0.2) is 5.92 Å². The van der Waals surface area contributed by atoms with Crippen LogP contribution in [-0.4, -0.2) is 46.7 Å². The molecule has 0 radical (unpaired) electrons. The molecule has 1 heterocycles. The Bertz CT molecular complexity index is 268. The molecule has 0 amide bonds. The average Bonchev–Trinajstić information content (AvgIpc) is 2.24. The Balaban J connectivity index is 2.39. The summed E-state index contributed by atoms with van der Waals surface area (Å²) in [4.78, 5) is 23.4. The van der Waals surface area contributed by atoms with Gasteiger partial charge in [0.2, 0.25) is 0 Å². The largest absolute Gasteiger partial charge is 0.480 e. The molecule has 0 saturated carbocycles. The van der Waals surface area contributed by atoms with Crippen LogP contribution in [0.25, 0.3) is 0 Å². The topological polar surface area (TPSA) is 77.8 Å². The van der Waals surface area contributed by atoms with Gasteiger partial charge in [-0.05, 0) is 25.9 Å². The highest BCUT2D eigenvalue weighted by Gasteiger charge is 2.22. The Morgan fingerprint density at radius 2 is 1.69 bits per heavy atom. The number of piperidine rings is 1. The van der Waals surface area contributed by atoms with Gasteiger partial charge >= 0.3 is 11.9 Å². The van der Waals surface area contributed by atoms with Crippen molar-refractivity contribution in [1.82, 2.24) is 4.90 Å². The van der Waals surface area contributed by atoms with Gasteiger partial charge in [-0.25, -0.2) is 0 Å². The van der Waals surface area contributed by atoms with Gasteiger partial charge in [0.25, 0.3) is 0 Å². The molecule has 0 bridgehead atoms. The fourth-order valence-corrected chi connectivity index (χ4v) is 1.76. The Kier molecular flexibility index (Phi) is 4.98. The number of likely N-dealkylation sites (tertiary alicyclic amines) is 1. The number of rotatable bonds is 5. The Morgan fingerprint density at radius 3 is 2.19 bits per heavy atom. The van der Waals surface area contributed by atoms with Gasteiger partial charge in [0, 0.05) is 6.54 Å². The third-order valence-corrected chi connectivity index (χ3v) is 2.67. The minimum atomic E-state index is -1.43. The van der Waals surface area contributed by atoms with Gasteiger partial charge in [-0.2, -0.15) is 0 Å². The lowest BCUT2D eigenvalue weighted by atomic mass is 10.1. The van der Waals surface area contributed by atoms with E-state index in [0.717, 1.165) is 25.9 Å². The van der Waals surface area contributed by atoms with Crippen LogP contribution in [-0.2, 0) is 9.59 Å². The highest BCUT2D eigenvalue weighted by Crippen LogP contribution is 2.08. The van der Waals surface area contributed by atoms with Crippen LogP contribution in [0.15, 0.2) is 12.2 Å². The predicted molar refractivity (Wildman–Crippen MR) is 58.2 cm³/mol. The molecule has 0 spiro atoms. The fraction of sp³-hybridized carbons (Fsp3) is 0.636. The van der Waals surface area contributed by atoms with Gasteiger partial charge in [0.1, 0.15) is 0 Å². The SMILES string of the molecule is O=C(O)C(C=CCN1CCCCC1)C(=O)O. The summed E-state index contributed by atoms with van der Waals surface area (Å²) in [5.74, 6) is -4.06. The molecule has 1 rings (SSSR count). The zero-order valence-corrected chi connectivity index (χ0v) is 9.13. The summed E-state index contributed by atoms with van der Waals surface area (Å²) in [6.07, 6.45) is 6.45. The van der Waals surface area contributed by atoms with Crippen molar-refractivity contribution in [2.24, 2.45) is 5.92 Å². The second kappa shape index (κ2) is 6.27. The van der Waals surface area contributed by atoms with Crippen molar-refractivity contribution >= 4 is 11.9 Å².